The Kier molecular flexibility index (Phi) is 2.49. The maximum atomic E-state index is 5.69. The second-order valence-electron chi connectivity index (χ2n) is 3.72. The Morgan fingerprint density at radius 1 is 1.47 bits per heavy atom. The van der Waals surface area contributed by atoms with Crippen molar-refractivity contribution in [1.29, 1.82) is 0 Å². The average molecular weight is 219 g/mol. The van der Waals surface area contributed by atoms with Crippen LogP contribution >= 0.6 is 12.2 Å². The van der Waals surface area contributed by atoms with Gasteiger partial charge in [-0.2, -0.15) is 0 Å². The van der Waals surface area contributed by atoms with E-state index in [4.69, 9.17) is 17.0 Å². The fraction of sp³-hybridized carbons (Fsp3) is 0.250. The molecule has 1 N–H and O–H groups in total. The summed E-state index contributed by atoms with van der Waals surface area (Å²) < 4.78 is 5.69. The van der Waals surface area contributed by atoms with Crippen molar-refractivity contribution in [3.63, 3.8) is 0 Å². The van der Waals surface area contributed by atoms with Crippen LogP contribution in [0.1, 0.15) is 12.5 Å². The van der Waals surface area contributed by atoms with Gasteiger partial charge in [-0.1, -0.05) is 36.4 Å². The van der Waals surface area contributed by atoms with Crippen LogP contribution in [-0.2, 0) is 10.3 Å². The molecule has 78 valence electrons. The molecule has 2 rings (SSSR count). The van der Waals surface area contributed by atoms with Crippen LogP contribution in [0.15, 0.2) is 43.0 Å². The number of benzene rings is 1. The normalized spacial score (nSPS) is 29.4. The summed E-state index contributed by atoms with van der Waals surface area (Å²) in [5.74, 6) is 0. The lowest BCUT2D eigenvalue weighted by atomic mass is 9.89. The topological polar surface area (TPSA) is 21.3 Å². The second-order valence-corrected chi connectivity index (χ2v) is 4.09. The largest absolute Gasteiger partial charge is 0.457 e. The van der Waals surface area contributed by atoms with Gasteiger partial charge in [0, 0.05) is 0 Å². The van der Waals surface area contributed by atoms with E-state index in [1.165, 1.54) is 0 Å². The first-order valence-corrected chi connectivity index (χ1v) is 5.25. The van der Waals surface area contributed by atoms with E-state index < -0.39 is 5.60 Å². The highest BCUT2D eigenvalue weighted by atomic mass is 32.1. The molecule has 0 unspecified atom stereocenters. The van der Waals surface area contributed by atoms with Crippen LogP contribution in [0, 0.1) is 0 Å². The first-order valence-electron chi connectivity index (χ1n) is 4.84. The third-order valence-corrected chi connectivity index (χ3v) is 2.96. The van der Waals surface area contributed by atoms with Gasteiger partial charge >= 0.3 is 0 Å². The third kappa shape index (κ3) is 1.63. The zero-order valence-electron chi connectivity index (χ0n) is 8.57. The minimum atomic E-state index is -0.444. The molecule has 0 saturated carbocycles. The predicted octanol–water partition coefficient (Wildman–Crippen LogP) is 2.36. The molecule has 2 atom stereocenters. The van der Waals surface area contributed by atoms with Gasteiger partial charge in [0.15, 0.2) is 5.60 Å². The van der Waals surface area contributed by atoms with Crippen molar-refractivity contribution in [2.24, 2.45) is 0 Å². The van der Waals surface area contributed by atoms with Crippen LogP contribution in [0.25, 0.3) is 0 Å². The molecule has 1 heterocycles. The Labute approximate surface area is 94.9 Å². The van der Waals surface area contributed by atoms with Gasteiger partial charge in [-0.05, 0) is 24.7 Å². The monoisotopic (exact) mass is 219 g/mol. The minimum Gasteiger partial charge on any atom is -0.457 e. The Morgan fingerprint density at radius 3 is 2.73 bits per heavy atom. The van der Waals surface area contributed by atoms with Crippen molar-refractivity contribution in [2.45, 2.75) is 18.6 Å². The molecule has 1 aliphatic rings. The highest BCUT2D eigenvalue weighted by Gasteiger charge is 2.43. The maximum absolute atomic E-state index is 5.69. The smallest absolute Gasteiger partial charge is 0.258 e. The van der Waals surface area contributed by atoms with Crippen molar-refractivity contribution in [3.05, 3.63) is 48.6 Å². The van der Waals surface area contributed by atoms with E-state index in [-0.39, 0.29) is 6.04 Å². The molecule has 0 aliphatic carbocycles. The first-order chi connectivity index (χ1) is 7.16. The summed E-state index contributed by atoms with van der Waals surface area (Å²) in [6.45, 7) is 5.81. The van der Waals surface area contributed by atoms with Crippen LogP contribution in [-0.4, -0.2) is 11.2 Å². The van der Waals surface area contributed by atoms with Crippen molar-refractivity contribution in [1.82, 2.24) is 5.32 Å². The highest BCUT2D eigenvalue weighted by molar-refractivity contribution is 7.80. The molecule has 0 bridgehead atoms. The second kappa shape index (κ2) is 3.66. The average Bonchev–Trinajstić information content (AvgIpc) is 2.56. The lowest BCUT2D eigenvalue weighted by Gasteiger charge is -2.27. The summed E-state index contributed by atoms with van der Waals surface area (Å²) in [4.78, 5) is 0. The lowest BCUT2D eigenvalue weighted by Crippen LogP contribution is -2.36. The van der Waals surface area contributed by atoms with E-state index >= 15 is 0 Å². The number of hydrogen-bond donors (Lipinski definition) is 1. The zero-order valence-corrected chi connectivity index (χ0v) is 9.38. The van der Waals surface area contributed by atoms with Crippen LogP contribution in [0.4, 0.5) is 0 Å². The van der Waals surface area contributed by atoms with Crippen molar-refractivity contribution < 1.29 is 4.74 Å². The molecule has 1 saturated heterocycles. The SMILES string of the molecule is C=C[C@H]1NC(=S)O[C@@]1(C)c1ccccc1. The molecule has 1 aromatic carbocycles. The zero-order chi connectivity index (χ0) is 10.9. The fourth-order valence-corrected chi connectivity index (χ4v) is 2.14. The summed E-state index contributed by atoms with van der Waals surface area (Å²) in [5, 5.41) is 3.52. The number of nitrogens with one attached hydrogen (secondary N) is 1. The van der Waals surface area contributed by atoms with Crippen LogP contribution < -0.4 is 5.32 Å². The van der Waals surface area contributed by atoms with E-state index in [0.29, 0.717) is 5.17 Å². The standard InChI is InChI=1S/C12H13NOS/c1-3-10-12(2,14-11(15)13-10)9-7-5-4-6-8-9/h3-8,10H,1H2,2H3,(H,13,15)/t10-,12+/m1/s1. The van der Waals surface area contributed by atoms with E-state index in [1.807, 2.05) is 43.3 Å². The van der Waals surface area contributed by atoms with Crippen molar-refractivity contribution in [3.8, 4) is 0 Å². The molecule has 2 nitrogen and oxygen atoms in total. The third-order valence-electron chi connectivity index (χ3n) is 2.75. The molecule has 3 heteroatoms. The van der Waals surface area contributed by atoms with E-state index in [9.17, 15) is 0 Å². The molecule has 0 amide bonds. The van der Waals surface area contributed by atoms with Crippen molar-refractivity contribution in [2.75, 3.05) is 0 Å². The van der Waals surface area contributed by atoms with Gasteiger partial charge in [0.2, 0.25) is 0 Å². The van der Waals surface area contributed by atoms with Gasteiger partial charge in [0.25, 0.3) is 5.17 Å². The van der Waals surface area contributed by atoms with E-state index in [2.05, 4.69) is 11.9 Å². The predicted molar refractivity (Wildman–Crippen MR) is 64.6 cm³/mol. The molecule has 15 heavy (non-hydrogen) atoms. The Hall–Kier alpha value is -1.35. The van der Waals surface area contributed by atoms with Gasteiger partial charge in [-0.15, -0.1) is 6.58 Å². The van der Waals surface area contributed by atoms with Gasteiger partial charge in [0.1, 0.15) is 0 Å². The van der Waals surface area contributed by atoms with Crippen LogP contribution in [0.2, 0.25) is 0 Å². The van der Waals surface area contributed by atoms with Gasteiger partial charge in [-0.25, -0.2) is 0 Å². The molecule has 0 radical (unpaired) electrons. The summed E-state index contributed by atoms with van der Waals surface area (Å²) in [6, 6.07) is 10.1. The van der Waals surface area contributed by atoms with E-state index in [1.54, 1.807) is 0 Å². The summed E-state index contributed by atoms with van der Waals surface area (Å²) in [6.07, 6.45) is 1.83. The number of thiocarbonyl (C=S) groups is 1. The summed E-state index contributed by atoms with van der Waals surface area (Å²) in [5.41, 5.74) is 0.655. The molecule has 0 aromatic heterocycles. The summed E-state index contributed by atoms with van der Waals surface area (Å²) in [7, 11) is 0. The quantitative estimate of drug-likeness (QED) is 0.609. The van der Waals surface area contributed by atoms with Crippen LogP contribution in [0.3, 0.4) is 0 Å². The molecular weight excluding hydrogens is 206 g/mol. The molecule has 1 fully saturated rings. The lowest BCUT2D eigenvalue weighted by molar-refractivity contribution is 0.0974. The molecular formula is C12H13NOS. The summed E-state index contributed by atoms with van der Waals surface area (Å²) >= 11 is 5.03. The van der Waals surface area contributed by atoms with Crippen LogP contribution in [0.5, 0.6) is 0 Å². The number of hydrogen-bond acceptors (Lipinski definition) is 2. The molecule has 1 aliphatic heterocycles. The Bertz CT molecular complexity index is 390. The Morgan fingerprint density at radius 2 is 2.13 bits per heavy atom. The molecule has 0 spiro atoms. The van der Waals surface area contributed by atoms with Crippen molar-refractivity contribution >= 4 is 17.4 Å². The van der Waals surface area contributed by atoms with Gasteiger partial charge in [0.05, 0.1) is 6.04 Å². The molecule has 1 aromatic rings. The van der Waals surface area contributed by atoms with E-state index in [0.717, 1.165) is 5.56 Å². The first kappa shape index (κ1) is 10.2. The highest BCUT2D eigenvalue weighted by Crippen LogP contribution is 2.33. The van der Waals surface area contributed by atoms with Gasteiger partial charge in [-0.3, -0.25) is 0 Å². The maximum Gasteiger partial charge on any atom is 0.258 e. The number of ether oxygens (including phenoxy) is 1. The fourth-order valence-electron chi connectivity index (χ4n) is 1.84. The van der Waals surface area contributed by atoms with Gasteiger partial charge < -0.3 is 10.1 Å². The Balaban J connectivity index is 2.41. The number of rotatable bonds is 2. The minimum absolute atomic E-state index is 0.0207.